The Hall–Kier alpha value is -2.59. The number of non-ortho nitro benzene ring substituents is 1. The topological polar surface area (TPSA) is 85.7 Å². The molecule has 0 spiro atoms. The lowest BCUT2D eigenvalue weighted by atomic mass is 10.2. The number of nitrogens with one attached hydrogen (secondary N) is 2. The van der Waals surface area contributed by atoms with E-state index in [1.807, 2.05) is 19.1 Å². The van der Waals surface area contributed by atoms with Crippen molar-refractivity contribution < 1.29 is 18.8 Å². The first kappa shape index (κ1) is 28.6. The number of nitro benzene ring substituents is 1. The number of hydrogen-bond acceptors (Lipinski definition) is 6. The van der Waals surface area contributed by atoms with E-state index in [9.17, 15) is 14.5 Å². The predicted molar refractivity (Wildman–Crippen MR) is 142 cm³/mol. The van der Waals surface area contributed by atoms with E-state index in [-0.39, 0.29) is 30.5 Å². The molecule has 2 N–H and O–H groups in total. The second kappa shape index (κ2) is 14.1. The van der Waals surface area contributed by atoms with Crippen molar-refractivity contribution >= 4 is 51.3 Å². The summed E-state index contributed by atoms with van der Waals surface area (Å²) in [7, 11) is 0. The van der Waals surface area contributed by atoms with Gasteiger partial charge in [-0.25, -0.2) is 4.39 Å². The molecule has 0 aromatic heterocycles. The fraction of sp³-hybridized carbons (Fsp3) is 0.250. The molecular weight excluding hydrogens is 564 g/mol. The van der Waals surface area contributed by atoms with Gasteiger partial charge in [-0.05, 0) is 64.3 Å². The maximum Gasteiger partial charge on any atom is 0.271 e. The van der Waals surface area contributed by atoms with Crippen LogP contribution in [0.4, 0.5) is 15.8 Å². The lowest BCUT2D eigenvalue weighted by Crippen LogP contribution is -2.22. The van der Waals surface area contributed by atoms with Gasteiger partial charge in [-0.3, -0.25) is 10.1 Å². The molecule has 3 rings (SSSR count). The molecule has 0 aliphatic carbocycles. The van der Waals surface area contributed by atoms with Crippen LogP contribution in [0.5, 0.6) is 11.5 Å². The van der Waals surface area contributed by atoms with Gasteiger partial charge in [0.05, 0.1) is 26.7 Å². The molecule has 3 aromatic carbocycles. The van der Waals surface area contributed by atoms with Crippen LogP contribution in [0.25, 0.3) is 0 Å². The smallest absolute Gasteiger partial charge is 0.271 e. The Morgan fingerprint density at radius 1 is 1.06 bits per heavy atom. The maximum absolute atomic E-state index is 13.1. The lowest BCUT2D eigenvalue weighted by Gasteiger charge is -2.16. The summed E-state index contributed by atoms with van der Waals surface area (Å²) in [6.07, 6.45) is 0. The Kier molecular flexibility index (Phi) is 11.5. The van der Waals surface area contributed by atoms with Crippen molar-refractivity contribution in [3.8, 4) is 11.5 Å². The summed E-state index contributed by atoms with van der Waals surface area (Å²) in [4.78, 5) is 10.3. The molecule has 0 unspecified atom stereocenters. The van der Waals surface area contributed by atoms with Crippen molar-refractivity contribution in [1.82, 2.24) is 5.32 Å². The highest BCUT2D eigenvalue weighted by Crippen LogP contribution is 2.37. The van der Waals surface area contributed by atoms with E-state index in [2.05, 4.69) is 26.6 Å². The quantitative estimate of drug-likeness (QED) is 0.138. The molecule has 11 heteroatoms. The number of nitrogens with zero attached hydrogens (tertiary/aromatic N) is 1. The lowest BCUT2D eigenvalue weighted by molar-refractivity contribution is -0.384. The summed E-state index contributed by atoms with van der Waals surface area (Å²) in [5.41, 5.74) is 2.44. The molecular formula is C24H25BrCl2FN3O4. The van der Waals surface area contributed by atoms with E-state index in [4.69, 9.17) is 21.1 Å². The summed E-state index contributed by atoms with van der Waals surface area (Å²) >= 11 is 9.66. The van der Waals surface area contributed by atoms with Crippen molar-refractivity contribution in [2.75, 3.05) is 25.0 Å². The van der Waals surface area contributed by atoms with Crippen molar-refractivity contribution in [3.05, 3.63) is 91.2 Å². The summed E-state index contributed by atoms with van der Waals surface area (Å²) in [6, 6.07) is 14.4. The van der Waals surface area contributed by atoms with Gasteiger partial charge >= 0.3 is 0 Å². The van der Waals surface area contributed by atoms with Gasteiger partial charge in [-0.1, -0.05) is 23.7 Å². The van der Waals surface area contributed by atoms with E-state index in [0.717, 1.165) is 15.6 Å². The molecule has 0 aliphatic heterocycles. The van der Waals surface area contributed by atoms with Crippen LogP contribution in [-0.2, 0) is 13.2 Å². The molecule has 0 atom stereocenters. The molecule has 0 saturated heterocycles. The van der Waals surface area contributed by atoms with Crippen LogP contribution in [0.3, 0.4) is 0 Å². The van der Waals surface area contributed by atoms with Crippen LogP contribution in [0, 0.1) is 15.9 Å². The van der Waals surface area contributed by atoms with E-state index in [1.165, 1.54) is 24.3 Å². The Morgan fingerprint density at radius 3 is 2.46 bits per heavy atom. The minimum atomic E-state index is -0.481. The second-order valence-corrected chi connectivity index (χ2v) is 8.54. The third kappa shape index (κ3) is 8.54. The normalized spacial score (nSPS) is 10.4. The van der Waals surface area contributed by atoms with Gasteiger partial charge in [-0.15, -0.1) is 12.4 Å². The summed E-state index contributed by atoms with van der Waals surface area (Å²) in [6.45, 7) is 4.47. The zero-order valence-corrected chi connectivity index (χ0v) is 22.0. The van der Waals surface area contributed by atoms with Crippen molar-refractivity contribution in [2.24, 2.45) is 0 Å². The van der Waals surface area contributed by atoms with Gasteiger partial charge in [0.25, 0.3) is 5.69 Å². The zero-order chi connectivity index (χ0) is 24.5. The van der Waals surface area contributed by atoms with Gasteiger partial charge in [-0.2, -0.15) is 0 Å². The number of halogens is 4. The number of ether oxygens (including phenoxy) is 2. The molecule has 0 bridgehead atoms. The fourth-order valence-electron chi connectivity index (χ4n) is 3.14. The summed E-state index contributed by atoms with van der Waals surface area (Å²) in [5.74, 6) is 0.916. The third-order valence-corrected chi connectivity index (χ3v) is 5.68. The van der Waals surface area contributed by atoms with Gasteiger partial charge in [0.15, 0.2) is 11.5 Å². The van der Waals surface area contributed by atoms with Crippen LogP contribution < -0.4 is 20.1 Å². The molecule has 0 aliphatic rings. The van der Waals surface area contributed by atoms with Crippen LogP contribution in [0.2, 0.25) is 5.02 Å². The van der Waals surface area contributed by atoms with Crippen molar-refractivity contribution in [2.45, 2.75) is 20.1 Å². The molecule has 188 valence electrons. The average molecular weight is 589 g/mol. The van der Waals surface area contributed by atoms with Crippen molar-refractivity contribution in [3.63, 3.8) is 0 Å². The molecule has 0 fully saturated rings. The number of hydrogen-bond donors (Lipinski definition) is 2. The minimum absolute atomic E-state index is 0. The van der Waals surface area contributed by atoms with Gasteiger partial charge in [0, 0.05) is 31.8 Å². The standard InChI is InChI=1S/C24H24BrClFN3O4.ClH/c1-2-33-23-12-17(11-20(25)24(23)34-15-16-3-5-18(27)6-4-16)14-28-9-10-29-22-8-7-19(30(31)32)13-21(22)26;/h3-8,11-13,28-29H,2,9-10,14-15H2,1H3;1H. The molecule has 0 saturated carbocycles. The van der Waals surface area contributed by atoms with Gasteiger partial charge in [0.2, 0.25) is 0 Å². The third-order valence-electron chi connectivity index (χ3n) is 4.78. The number of anilines is 1. The van der Waals surface area contributed by atoms with Gasteiger partial charge < -0.3 is 20.1 Å². The maximum atomic E-state index is 13.1. The summed E-state index contributed by atoms with van der Waals surface area (Å²) in [5, 5.41) is 17.6. The van der Waals surface area contributed by atoms with Crippen LogP contribution in [0.1, 0.15) is 18.1 Å². The molecule has 0 heterocycles. The van der Waals surface area contributed by atoms with E-state index < -0.39 is 4.92 Å². The Labute approximate surface area is 222 Å². The molecule has 3 aromatic rings. The monoisotopic (exact) mass is 587 g/mol. The number of nitro groups is 1. The summed E-state index contributed by atoms with van der Waals surface area (Å²) < 4.78 is 25.6. The van der Waals surface area contributed by atoms with E-state index >= 15 is 0 Å². The molecule has 0 amide bonds. The van der Waals surface area contributed by atoms with Gasteiger partial charge in [0.1, 0.15) is 12.4 Å². The fourth-order valence-corrected chi connectivity index (χ4v) is 3.99. The van der Waals surface area contributed by atoms with Crippen LogP contribution >= 0.6 is 39.9 Å². The number of benzene rings is 3. The van der Waals surface area contributed by atoms with E-state index in [0.29, 0.717) is 48.5 Å². The predicted octanol–water partition coefficient (Wildman–Crippen LogP) is 6.75. The SMILES string of the molecule is CCOc1cc(CNCCNc2ccc([N+](=O)[O-])cc2Cl)cc(Br)c1OCc1ccc(F)cc1.Cl. The largest absolute Gasteiger partial charge is 0.490 e. The molecule has 35 heavy (non-hydrogen) atoms. The zero-order valence-electron chi connectivity index (χ0n) is 18.9. The highest BCUT2D eigenvalue weighted by molar-refractivity contribution is 9.10. The van der Waals surface area contributed by atoms with Crippen molar-refractivity contribution in [1.29, 1.82) is 0 Å². The highest BCUT2D eigenvalue weighted by Gasteiger charge is 2.13. The molecule has 7 nitrogen and oxygen atoms in total. The first-order chi connectivity index (χ1) is 16.4. The minimum Gasteiger partial charge on any atom is -0.490 e. The highest BCUT2D eigenvalue weighted by atomic mass is 79.9. The first-order valence-corrected chi connectivity index (χ1v) is 11.8. The van der Waals surface area contributed by atoms with Crippen LogP contribution in [0.15, 0.2) is 59.1 Å². The first-order valence-electron chi connectivity index (χ1n) is 10.6. The Bertz CT molecular complexity index is 1140. The van der Waals surface area contributed by atoms with E-state index in [1.54, 1.807) is 18.2 Å². The second-order valence-electron chi connectivity index (χ2n) is 7.28. The average Bonchev–Trinajstić information content (AvgIpc) is 2.80. The number of rotatable bonds is 12. The van der Waals surface area contributed by atoms with Crippen LogP contribution in [-0.4, -0.2) is 24.6 Å². The molecule has 0 radical (unpaired) electrons. The Balaban J connectivity index is 0.00000432. The Morgan fingerprint density at radius 2 is 1.80 bits per heavy atom.